The molecule has 0 N–H and O–H groups in total. The molecule has 1 saturated heterocycles. The highest BCUT2D eigenvalue weighted by Crippen LogP contribution is 2.32. The van der Waals surface area contributed by atoms with Gasteiger partial charge in [0, 0.05) is 26.2 Å². The largest absolute Gasteiger partial charge is 0.472 e. The van der Waals surface area contributed by atoms with E-state index >= 15 is 0 Å². The molecule has 1 aromatic carbocycles. The van der Waals surface area contributed by atoms with Crippen molar-refractivity contribution in [3.63, 3.8) is 0 Å². The van der Waals surface area contributed by atoms with Crippen molar-refractivity contribution >= 4 is 15.9 Å². The van der Waals surface area contributed by atoms with Crippen LogP contribution in [0.25, 0.3) is 0 Å². The number of carbonyl (C=O) groups is 1. The molecule has 0 aliphatic carbocycles. The van der Waals surface area contributed by atoms with E-state index in [0.717, 1.165) is 27.8 Å². The molecule has 146 valence electrons. The third-order valence-corrected chi connectivity index (χ3v) is 8.00. The summed E-state index contributed by atoms with van der Waals surface area (Å²) in [5, 5.41) is 0. The second-order valence-corrected chi connectivity index (χ2v) is 9.04. The van der Waals surface area contributed by atoms with Crippen molar-refractivity contribution in [3.05, 3.63) is 52.0 Å². The van der Waals surface area contributed by atoms with Gasteiger partial charge >= 0.3 is 0 Å². The lowest BCUT2D eigenvalue weighted by atomic mass is 9.95. The Kier molecular flexibility index (Phi) is 5.18. The molecule has 1 aromatic heterocycles. The van der Waals surface area contributed by atoms with Gasteiger partial charge in [0.1, 0.15) is 6.26 Å². The molecule has 1 aliphatic rings. The zero-order chi connectivity index (χ0) is 19.9. The number of rotatable bonds is 3. The molecule has 1 fully saturated rings. The number of nitrogens with zero attached hydrogens (tertiary/aromatic N) is 2. The average molecular weight is 391 g/mol. The molecule has 1 amide bonds. The van der Waals surface area contributed by atoms with Crippen LogP contribution >= 0.6 is 0 Å². The topological polar surface area (TPSA) is 70.8 Å². The summed E-state index contributed by atoms with van der Waals surface area (Å²) in [5.41, 5.74) is 5.29. The summed E-state index contributed by atoms with van der Waals surface area (Å²) in [6.07, 6.45) is 2.87. The molecule has 0 radical (unpaired) electrons. The predicted octanol–water partition coefficient (Wildman–Crippen LogP) is 2.97. The first kappa shape index (κ1) is 19.6. The van der Waals surface area contributed by atoms with Gasteiger partial charge in [-0.15, -0.1) is 0 Å². The quantitative estimate of drug-likeness (QED) is 0.808. The Bertz CT molecular complexity index is 941. The molecule has 0 atom stereocenters. The van der Waals surface area contributed by atoms with Gasteiger partial charge in [0.2, 0.25) is 10.0 Å². The van der Waals surface area contributed by atoms with Crippen LogP contribution in [-0.4, -0.2) is 49.7 Å². The van der Waals surface area contributed by atoms with Crippen molar-refractivity contribution in [1.82, 2.24) is 9.21 Å². The zero-order valence-corrected chi connectivity index (χ0v) is 17.3. The van der Waals surface area contributed by atoms with Gasteiger partial charge in [0.15, 0.2) is 0 Å². The number of sulfonamides is 1. The van der Waals surface area contributed by atoms with Crippen LogP contribution in [0.4, 0.5) is 0 Å². The summed E-state index contributed by atoms with van der Waals surface area (Å²) < 4.78 is 33.2. The van der Waals surface area contributed by atoms with Gasteiger partial charge in [-0.05, 0) is 68.5 Å². The lowest BCUT2D eigenvalue weighted by Crippen LogP contribution is -2.50. The molecular formula is C20H26N2O4S. The third-order valence-electron chi connectivity index (χ3n) is 5.82. The Hall–Kier alpha value is -2.12. The summed E-state index contributed by atoms with van der Waals surface area (Å²) in [6.45, 7) is 11.0. The molecular weight excluding hydrogens is 364 g/mol. The van der Waals surface area contributed by atoms with Gasteiger partial charge in [0.05, 0.1) is 16.7 Å². The second kappa shape index (κ2) is 7.13. The Morgan fingerprint density at radius 2 is 1.41 bits per heavy atom. The average Bonchev–Trinajstić information content (AvgIpc) is 3.19. The van der Waals surface area contributed by atoms with Crippen molar-refractivity contribution in [3.8, 4) is 0 Å². The Labute approximate surface area is 160 Å². The highest BCUT2D eigenvalue weighted by molar-refractivity contribution is 7.89. The second-order valence-electron chi connectivity index (χ2n) is 7.16. The van der Waals surface area contributed by atoms with Crippen LogP contribution in [0.5, 0.6) is 0 Å². The van der Waals surface area contributed by atoms with Gasteiger partial charge in [-0.3, -0.25) is 4.79 Å². The molecule has 2 heterocycles. The minimum absolute atomic E-state index is 0.129. The highest BCUT2D eigenvalue weighted by atomic mass is 32.2. The molecule has 0 bridgehead atoms. The summed E-state index contributed by atoms with van der Waals surface area (Å²) >= 11 is 0. The first-order chi connectivity index (χ1) is 12.7. The molecule has 7 heteroatoms. The summed E-state index contributed by atoms with van der Waals surface area (Å²) in [7, 11) is -3.61. The maximum atomic E-state index is 13.4. The number of piperazine rings is 1. The van der Waals surface area contributed by atoms with E-state index < -0.39 is 10.0 Å². The van der Waals surface area contributed by atoms with E-state index in [1.54, 1.807) is 11.0 Å². The van der Waals surface area contributed by atoms with Crippen molar-refractivity contribution in [2.45, 2.75) is 39.5 Å². The van der Waals surface area contributed by atoms with Gasteiger partial charge in [-0.2, -0.15) is 4.31 Å². The standard InChI is InChI=1S/C20H26N2O4S/c1-13-14(2)16(4)19(17(5)15(13)3)27(24,25)22-9-7-21(8-10-22)20(23)18-6-11-26-12-18/h6,11-12H,7-10H2,1-5H3. The SMILES string of the molecule is Cc1c(C)c(C)c(S(=O)(=O)N2CCN(C(=O)c3ccoc3)CC2)c(C)c1C. The zero-order valence-electron chi connectivity index (χ0n) is 16.5. The van der Waals surface area contributed by atoms with Gasteiger partial charge in [-0.1, -0.05) is 0 Å². The van der Waals surface area contributed by atoms with E-state index in [-0.39, 0.29) is 19.0 Å². The van der Waals surface area contributed by atoms with Crippen LogP contribution in [0.15, 0.2) is 27.9 Å². The van der Waals surface area contributed by atoms with E-state index in [1.807, 2.05) is 34.6 Å². The maximum absolute atomic E-state index is 13.4. The number of amides is 1. The lowest BCUT2D eigenvalue weighted by Gasteiger charge is -2.34. The molecule has 2 aromatic rings. The molecule has 6 nitrogen and oxygen atoms in total. The van der Waals surface area contributed by atoms with Crippen LogP contribution in [0.2, 0.25) is 0 Å². The van der Waals surface area contributed by atoms with Crippen LogP contribution in [0.3, 0.4) is 0 Å². The van der Waals surface area contributed by atoms with Crippen LogP contribution in [-0.2, 0) is 10.0 Å². The molecule has 0 spiro atoms. The Balaban J connectivity index is 1.85. The van der Waals surface area contributed by atoms with Gasteiger partial charge < -0.3 is 9.32 Å². The minimum Gasteiger partial charge on any atom is -0.472 e. The van der Waals surface area contributed by atoms with Crippen molar-refractivity contribution in [2.24, 2.45) is 0 Å². The first-order valence-corrected chi connectivity index (χ1v) is 10.5. The predicted molar refractivity (Wildman–Crippen MR) is 103 cm³/mol. The third kappa shape index (κ3) is 3.30. The fourth-order valence-electron chi connectivity index (χ4n) is 3.68. The maximum Gasteiger partial charge on any atom is 0.257 e. The van der Waals surface area contributed by atoms with E-state index in [4.69, 9.17) is 4.42 Å². The fourth-order valence-corrected chi connectivity index (χ4v) is 5.66. The van der Waals surface area contributed by atoms with Crippen LogP contribution < -0.4 is 0 Å². The number of carbonyl (C=O) groups excluding carboxylic acids is 1. The van der Waals surface area contributed by atoms with E-state index in [2.05, 4.69) is 0 Å². The lowest BCUT2D eigenvalue weighted by molar-refractivity contribution is 0.0697. The molecule has 0 saturated carbocycles. The molecule has 1 aliphatic heterocycles. The number of furan rings is 1. The highest BCUT2D eigenvalue weighted by Gasteiger charge is 2.33. The molecule has 0 unspecified atom stereocenters. The summed E-state index contributed by atoms with van der Waals surface area (Å²) in [6, 6.07) is 1.62. The van der Waals surface area contributed by atoms with Crippen LogP contribution in [0.1, 0.15) is 38.2 Å². The normalized spacial score (nSPS) is 16.0. The van der Waals surface area contributed by atoms with Crippen molar-refractivity contribution in [1.29, 1.82) is 0 Å². The van der Waals surface area contributed by atoms with Crippen LogP contribution in [0, 0.1) is 34.6 Å². The van der Waals surface area contributed by atoms with E-state index in [9.17, 15) is 13.2 Å². The first-order valence-electron chi connectivity index (χ1n) is 9.04. The summed E-state index contributed by atoms with van der Waals surface area (Å²) in [4.78, 5) is 14.5. The van der Waals surface area contributed by atoms with E-state index in [0.29, 0.717) is 23.5 Å². The molecule has 3 rings (SSSR count). The molecule has 27 heavy (non-hydrogen) atoms. The van der Waals surface area contributed by atoms with Gasteiger partial charge in [0.25, 0.3) is 5.91 Å². The number of hydrogen-bond acceptors (Lipinski definition) is 4. The summed E-state index contributed by atoms with van der Waals surface area (Å²) in [5.74, 6) is -0.129. The fraction of sp³-hybridized carbons (Fsp3) is 0.450. The number of benzene rings is 1. The smallest absolute Gasteiger partial charge is 0.257 e. The Morgan fingerprint density at radius 1 is 0.889 bits per heavy atom. The minimum atomic E-state index is -3.61. The van der Waals surface area contributed by atoms with Crippen molar-refractivity contribution in [2.75, 3.05) is 26.2 Å². The van der Waals surface area contributed by atoms with E-state index in [1.165, 1.54) is 16.8 Å². The van der Waals surface area contributed by atoms with Gasteiger partial charge in [-0.25, -0.2) is 8.42 Å². The number of hydrogen-bond donors (Lipinski definition) is 0. The van der Waals surface area contributed by atoms with Crippen molar-refractivity contribution < 1.29 is 17.6 Å². The Morgan fingerprint density at radius 3 is 1.89 bits per heavy atom. The monoisotopic (exact) mass is 390 g/mol.